The third-order valence-electron chi connectivity index (χ3n) is 4.06. The van der Waals surface area contributed by atoms with Crippen LogP contribution < -0.4 is 4.72 Å². The van der Waals surface area contributed by atoms with E-state index in [2.05, 4.69) is 4.72 Å². The summed E-state index contributed by atoms with van der Waals surface area (Å²) in [6.07, 6.45) is 3.79. The number of carbonyl (C=O) groups is 1. The maximum absolute atomic E-state index is 12.3. The van der Waals surface area contributed by atoms with Crippen molar-refractivity contribution < 1.29 is 18.3 Å². The summed E-state index contributed by atoms with van der Waals surface area (Å²) in [5, 5.41) is 8.63. The number of hydrogen-bond donors (Lipinski definition) is 2. The van der Waals surface area contributed by atoms with E-state index in [9.17, 15) is 13.2 Å². The standard InChI is InChI=1S/C15H21NO4S/c1-11(13-3-2-4-13)16-21(19,20)14-8-5-12(6-9-14)7-10-15(17)18/h5-6,8-9,11,13,16H,2-4,7,10H2,1H3,(H,17,18). The molecule has 0 bridgehead atoms. The molecule has 0 aliphatic heterocycles. The number of benzene rings is 1. The van der Waals surface area contributed by atoms with Crippen molar-refractivity contribution in [1.82, 2.24) is 4.72 Å². The lowest BCUT2D eigenvalue weighted by atomic mass is 9.81. The van der Waals surface area contributed by atoms with Gasteiger partial charge in [0.25, 0.3) is 0 Å². The molecule has 6 heteroatoms. The van der Waals surface area contributed by atoms with Crippen LogP contribution >= 0.6 is 0 Å². The number of carboxylic acids is 1. The van der Waals surface area contributed by atoms with Crippen LogP contribution in [0, 0.1) is 5.92 Å². The minimum Gasteiger partial charge on any atom is -0.481 e. The number of sulfonamides is 1. The molecule has 1 aromatic rings. The molecule has 1 aliphatic rings. The van der Waals surface area contributed by atoms with Gasteiger partial charge in [-0.15, -0.1) is 0 Å². The van der Waals surface area contributed by atoms with Crippen LogP contribution in [0.25, 0.3) is 0 Å². The summed E-state index contributed by atoms with van der Waals surface area (Å²) >= 11 is 0. The zero-order valence-electron chi connectivity index (χ0n) is 12.1. The van der Waals surface area contributed by atoms with E-state index in [1.807, 2.05) is 6.92 Å². The number of aliphatic carboxylic acids is 1. The lowest BCUT2D eigenvalue weighted by Crippen LogP contribution is -2.40. The van der Waals surface area contributed by atoms with E-state index < -0.39 is 16.0 Å². The normalized spacial score (nSPS) is 17.2. The summed E-state index contributed by atoms with van der Waals surface area (Å²) in [5.74, 6) is -0.419. The molecular weight excluding hydrogens is 290 g/mol. The number of aryl methyl sites for hydroxylation is 1. The van der Waals surface area contributed by atoms with Gasteiger partial charge in [0.05, 0.1) is 4.90 Å². The Morgan fingerprint density at radius 2 is 1.95 bits per heavy atom. The molecule has 2 rings (SSSR count). The lowest BCUT2D eigenvalue weighted by molar-refractivity contribution is -0.136. The Bertz CT molecular complexity index is 591. The summed E-state index contributed by atoms with van der Waals surface area (Å²) < 4.78 is 27.2. The van der Waals surface area contributed by atoms with E-state index in [0.717, 1.165) is 18.4 Å². The van der Waals surface area contributed by atoms with Crippen LogP contribution in [0.1, 0.15) is 38.2 Å². The zero-order chi connectivity index (χ0) is 15.5. The molecule has 5 nitrogen and oxygen atoms in total. The van der Waals surface area contributed by atoms with E-state index in [0.29, 0.717) is 12.3 Å². The average Bonchev–Trinajstić information content (AvgIpc) is 2.34. The van der Waals surface area contributed by atoms with E-state index in [-0.39, 0.29) is 17.4 Å². The second kappa shape index (κ2) is 6.58. The number of rotatable bonds is 7. The van der Waals surface area contributed by atoms with E-state index in [4.69, 9.17) is 5.11 Å². The second-order valence-electron chi connectivity index (χ2n) is 5.64. The Morgan fingerprint density at radius 1 is 1.33 bits per heavy atom. The fourth-order valence-corrected chi connectivity index (χ4v) is 3.75. The van der Waals surface area contributed by atoms with Crippen LogP contribution in [0.4, 0.5) is 0 Å². The molecule has 1 fully saturated rings. The molecule has 1 aliphatic carbocycles. The first-order valence-electron chi connectivity index (χ1n) is 7.21. The van der Waals surface area contributed by atoms with Gasteiger partial charge in [-0.1, -0.05) is 18.6 Å². The summed E-state index contributed by atoms with van der Waals surface area (Å²) in [6.45, 7) is 1.91. The highest BCUT2D eigenvalue weighted by atomic mass is 32.2. The minimum absolute atomic E-state index is 0.0447. The number of carboxylic acid groups (broad SMARTS) is 1. The van der Waals surface area contributed by atoms with Crippen LogP contribution in [0.2, 0.25) is 0 Å². The Labute approximate surface area is 125 Å². The topological polar surface area (TPSA) is 83.5 Å². The SMILES string of the molecule is CC(NS(=O)(=O)c1ccc(CCC(=O)O)cc1)C1CCC1. The first-order chi connectivity index (χ1) is 9.88. The van der Waals surface area contributed by atoms with Gasteiger partial charge in [0.2, 0.25) is 10.0 Å². The van der Waals surface area contributed by atoms with Gasteiger partial charge in [-0.05, 0) is 49.8 Å². The van der Waals surface area contributed by atoms with Crippen molar-refractivity contribution in [3.8, 4) is 0 Å². The Morgan fingerprint density at radius 3 is 2.43 bits per heavy atom. The van der Waals surface area contributed by atoms with Crippen LogP contribution in [0.3, 0.4) is 0 Å². The summed E-state index contributed by atoms with van der Waals surface area (Å²) in [6, 6.07) is 6.37. The van der Waals surface area contributed by atoms with Gasteiger partial charge in [0.15, 0.2) is 0 Å². The molecular formula is C15H21NO4S. The average molecular weight is 311 g/mol. The largest absolute Gasteiger partial charge is 0.481 e. The molecule has 1 aromatic carbocycles. The smallest absolute Gasteiger partial charge is 0.303 e. The molecule has 116 valence electrons. The molecule has 2 N–H and O–H groups in total. The third-order valence-corrected chi connectivity index (χ3v) is 5.63. The number of nitrogens with one attached hydrogen (secondary N) is 1. The van der Waals surface area contributed by atoms with Crippen molar-refractivity contribution in [3.63, 3.8) is 0 Å². The van der Waals surface area contributed by atoms with Crippen molar-refractivity contribution in [1.29, 1.82) is 0 Å². The highest BCUT2D eigenvalue weighted by Crippen LogP contribution is 2.30. The predicted octanol–water partition coefficient (Wildman–Crippen LogP) is 2.17. The maximum Gasteiger partial charge on any atom is 0.303 e. The van der Waals surface area contributed by atoms with Crippen molar-refractivity contribution in [3.05, 3.63) is 29.8 Å². The molecule has 21 heavy (non-hydrogen) atoms. The van der Waals surface area contributed by atoms with Crippen LogP contribution in [-0.2, 0) is 21.2 Å². The van der Waals surface area contributed by atoms with Crippen LogP contribution in [0.5, 0.6) is 0 Å². The molecule has 0 aromatic heterocycles. The van der Waals surface area contributed by atoms with Gasteiger partial charge in [-0.25, -0.2) is 13.1 Å². The minimum atomic E-state index is -3.50. The first-order valence-corrected chi connectivity index (χ1v) is 8.70. The molecule has 0 heterocycles. The van der Waals surface area contributed by atoms with Crippen LogP contribution in [0.15, 0.2) is 29.2 Å². The first kappa shape index (κ1) is 16.0. The highest BCUT2D eigenvalue weighted by Gasteiger charge is 2.27. The van der Waals surface area contributed by atoms with Gasteiger partial charge >= 0.3 is 5.97 Å². The van der Waals surface area contributed by atoms with Crippen LogP contribution in [-0.4, -0.2) is 25.5 Å². The quantitative estimate of drug-likeness (QED) is 0.808. The number of hydrogen-bond acceptors (Lipinski definition) is 3. The predicted molar refractivity (Wildman–Crippen MR) is 79.5 cm³/mol. The highest BCUT2D eigenvalue weighted by molar-refractivity contribution is 7.89. The molecule has 0 saturated heterocycles. The Balaban J connectivity index is 2.00. The lowest BCUT2D eigenvalue weighted by Gasteiger charge is -2.31. The van der Waals surface area contributed by atoms with Gasteiger partial charge in [0.1, 0.15) is 0 Å². The monoisotopic (exact) mass is 311 g/mol. The van der Waals surface area contributed by atoms with E-state index >= 15 is 0 Å². The maximum atomic E-state index is 12.3. The fraction of sp³-hybridized carbons (Fsp3) is 0.533. The summed E-state index contributed by atoms with van der Waals surface area (Å²) in [5.41, 5.74) is 0.823. The van der Waals surface area contributed by atoms with Crippen molar-refractivity contribution >= 4 is 16.0 Å². The zero-order valence-corrected chi connectivity index (χ0v) is 12.9. The van der Waals surface area contributed by atoms with Crippen molar-refractivity contribution in [2.24, 2.45) is 5.92 Å². The third kappa shape index (κ3) is 4.28. The van der Waals surface area contributed by atoms with Gasteiger partial charge < -0.3 is 5.11 Å². The molecule has 0 amide bonds. The van der Waals surface area contributed by atoms with Crippen molar-refractivity contribution in [2.45, 2.75) is 50.0 Å². The fourth-order valence-electron chi connectivity index (χ4n) is 2.44. The van der Waals surface area contributed by atoms with Crippen molar-refractivity contribution in [2.75, 3.05) is 0 Å². The Kier molecular flexibility index (Phi) is 5.00. The Hall–Kier alpha value is -1.40. The van der Waals surface area contributed by atoms with E-state index in [1.165, 1.54) is 18.6 Å². The molecule has 0 spiro atoms. The van der Waals surface area contributed by atoms with E-state index in [1.54, 1.807) is 12.1 Å². The molecule has 1 atom stereocenters. The molecule has 0 radical (unpaired) electrons. The second-order valence-corrected chi connectivity index (χ2v) is 7.35. The molecule has 1 saturated carbocycles. The molecule has 1 unspecified atom stereocenters. The van der Waals surface area contributed by atoms with Gasteiger partial charge in [0, 0.05) is 12.5 Å². The van der Waals surface area contributed by atoms with Gasteiger partial charge in [-0.3, -0.25) is 4.79 Å². The summed E-state index contributed by atoms with van der Waals surface area (Å²) in [4.78, 5) is 10.7. The van der Waals surface area contributed by atoms with Gasteiger partial charge in [-0.2, -0.15) is 0 Å². The summed E-state index contributed by atoms with van der Waals surface area (Å²) in [7, 11) is -3.50.